The summed E-state index contributed by atoms with van der Waals surface area (Å²) in [6, 6.07) is 15.2. The maximum atomic E-state index is 12.6. The third-order valence-corrected chi connectivity index (χ3v) is 6.12. The Labute approximate surface area is 174 Å². The lowest BCUT2D eigenvalue weighted by molar-refractivity contribution is 0.0739. The van der Waals surface area contributed by atoms with Crippen molar-refractivity contribution in [3.63, 3.8) is 0 Å². The van der Waals surface area contributed by atoms with Crippen molar-refractivity contribution in [1.29, 1.82) is 0 Å². The summed E-state index contributed by atoms with van der Waals surface area (Å²) >= 11 is 1.46. The molecule has 6 heteroatoms. The topological polar surface area (TPSA) is 61.4 Å². The molecule has 2 aromatic carbocycles. The molecular weight excluding hydrogens is 382 g/mol. The summed E-state index contributed by atoms with van der Waals surface area (Å²) in [5.41, 5.74) is 6.09. The molecule has 0 atom stereocenters. The molecule has 0 spiro atoms. The zero-order valence-corrected chi connectivity index (χ0v) is 17.3. The molecular formula is C23H23N3O2S. The number of benzene rings is 2. The van der Waals surface area contributed by atoms with Crippen molar-refractivity contribution in [2.45, 2.75) is 26.8 Å². The van der Waals surface area contributed by atoms with Gasteiger partial charge in [-0.1, -0.05) is 18.2 Å². The van der Waals surface area contributed by atoms with Crippen molar-refractivity contribution >= 4 is 34.6 Å². The van der Waals surface area contributed by atoms with Gasteiger partial charge >= 0.3 is 6.03 Å². The third kappa shape index (κ3) is 4.32. The summed E-state index contributed by atoms with van der Waals surface area (Å²) in [4.78, 5) is 27.7. The van der Waals surface area contributed by atoms with E-state index in [2.05, 4.69) is 10.6 Å². The largest absolute Gasteiger partial charge is 0.333 e. The Bertz CT molecular complexity index is 1060. The van der Waals surface area contributed by atoms with Crippen molar-refractivity contribution in [3.05, 3.63) is 81.0 Å². The average Bonchev–Trinajstić information content (AvgIpc) is 3.24. The fraction of sp³-hybridized carbons (Fsp3) is 0.217. The van der Waals surface area contributed by atoms with E-state index in [1.54, 1.807) is 0 Å². The fourth-order valence-corrected chi connectivity index (χ4v) is 4.17. The second kappa shape index (κ2) is 8.09. The predicted octanol–water partition coefficient (Wildman–Crippen LogP) is 5.21. The lowest BCUT2D eigenvalue weighted by Gasteiger charge is -2.29. The first-order valence-electron chi connectivity index (χ1n) is 9.59. The minimum Gasteiger partial charge on any atom is -0.333 e. The molecule has 0 fully saturated rings. The molecule has 4 rings (SSSR count). The van der Waals surface area contributed by atoms with Crippen molar-refractivity contribution in [1.82, 2.24) is 4.90 Å². The van der Waals surface area contributed by atoms with E-state index in [0.717, 1.165) is 33.8 Å². The molecule has 5 nitrogen and oxygen atoms in total. The van der Waals surface area contributed by atoms with E-state index in [-0.39, 0.29) is 11.9 Å². The lowest BCUT2D eigenvalue weighted by atomic mass is 9.99. The number of fused-ring (bicyclic) bond motifs is 1. The molecule has 1 aliphatic rings. The number of hydrogen-bond donors (Lipinski definition) is 2. The standard InChI is InChI=1S/C23H23N3O2S/c1-15-5-7-19(12-16(15)2)24-23(28)25-20-8-6-17-9-10-26(14-18(17)13-20)22(27)21-4-3-11-29-21/h3-8,11-13H,9-10,14H2,1-2H3,(H2,24,25,28). The zero-order valence-electron chi connectivity index (χ0n) is 16.5. The van der Waals surface area contributed by atoms with Crippen LogP contribution in [0, 0.1) is 13.8 Å². The number of hydrogen-bond acceptors (Lipinski definition) is 3. The molecule has 3 amide bonds. The first-order chi connectivity index (χ1) is 14.0. The first kappa shape index (κ1) is 19.2. The van der Waals surface area contributed by atoms with E-state index in [4.69, 9.17) is 0 Å². The van der Waals surface area contributed by atoms with Gasteiger partial charge in [0.05, 0.1) is 4.88 Å². The third-order valence-electron chi connectivity index (χ3n) is 5.26. The summed E-state index contributed by atoms with van der Waals surface area (Å²) in [6.45, 7) is 5.33. The van der Waals surface area contributed by atoms with Crippen molar-refractivity contribution in [2.75, 3.05) is 17.2 Å². The van der Waals surface area contributed by atoms with Crippen LogP contribution in [0.15, 0.2) is 53.9 Å². The number of thiophene rings is 1. The van der Waals surface area contributed by atoms with Gasteiger partial charge in [-0.15, -0.1) is 11.3 Å². The Morgan fingerprint density at radius 1 is 0.931 bits per heavy atom. The molecule has 0 radical (unpaired) electrons. The van der Waals surface area contributed by atoms with E-state index >= 15 is 0 Å². The van der Waals surface area contributed by atoms with Crippen molar-refractivity contribution < 1.29 is 9.59 Å². The highest BCUT2D eigenvalue weighted by Gasteiger charge is 2.22. The Hall–Kier alpha value is -3.12. The summed E-state index contributed by atoms with van der Waals surface area (Å²) in [7, 11) is 0. The van der Waals surface area contributed by atoms with Crippen LogP contribution in [-0.2, 0) is 13.0 Å². The molecule has 148 valence electrons. The van der Waals surface area contributed by atoms with Gasteiger partial charge in [-0.05, 0) is 78.2 Å². The Kier molecular flexibility index (Phi) is 5.36. The predicted molar refractivity (Wildman–Crippen MR) is 118 cm³/mol. The Balaban J connectivity index is 1.44. The van der Waals surface area contributed by atoms with Gasteiger partial charge in [0, 0.05) is 24.5 Å². The Morgan fingerprint density at radius 2 is 1.69 bits per heavy atom. The van der Waals surface area contributed by atoms with Crippen LogP contribution in [0.3, 0.4) is 0 Å². The van der Waals surface area contributed by atoms with Crippen LogP contribution in [0.5, 0.6) is 0 Å². The molecule has 0 saturated carbocycles. The smallest absolute Gasteiger partial charge is 0.323 e. The molecule has 2 N–H and O–H groups in total. The average molecular weight is 406 g/mol. The number of carbonyl (C=O) groups is 2. The van der Waals surface area contributed by atoms with Crippen LogP contribution in [0.25, 0.3) is 0 Å². The van der Waals surface area contributed by atoms with E-state index in [9.17, 15) is 9.59 Å². The van der Waals surface area contributed by atoms with Gasteiger partial charge in [-0.3, -0.25) is 4.79 Å². The summed E-state index contributed by atoms with van der Waals surface area (Å²) in [6.07, 6.45) is 0.821. The van der Waals surface area contributed by atoms with E-state index in [1.807, 2.05) is 72.7 Å². The van der Waals surface area contributed by atoms with E-state index in [0.29, 0.717) is 13.1 Å². The monoisotopic (exact) mass is 405 g/mol. The summed E-state index contributed by atoms with van der Waals surface area (Å²) in [5.74, 6) is 0.0662. The zero-order chi connectivity index (χ0) is 20.4. The maximum absolute atomic E-state index is 12.6. The molecule has 3 aromatic rings. The molecule has 2 heterocycles. The molecule has 0 bridgehead atoms. The highest BCUT2D eigenvalue weighted by molar-refractivity contribution is 7.12. The normalized spacial score (nSPS) is 13.0. The molecule has 0 unspecified atom stereocenters. The number of amides is 3. The van der Waals surface area contributed by atoms with Gasteiger partial charge in [-0.2, -0.15) is 0 Å². The fourth-order valence-electron chi connectivity index (χ4n) is 3.48. The van der Waals surface area contributed by atoms with Crippen LogP contribution in [0.1, 0.15) is 31.9 Å². The SMILES string of the molecule is Cc1ccc(NC(=O)Nc2ccc3c(c2)CN(C(=O)c2cccs2)CC3)cc1C. The van der Waals surface area contributed by atoms with Crippen LogP contribution in [0.2, 0.25) is 0 Å². The van der Waals surface area contributed by atoms with Gasteiger partial charge in [0.15, 0.2) is 0 Å². The van der Waals surface area contributed by atoms with Crippen LogP contribution in [0.4, 0.5) is 16.2 Å². The number of anilines is 2. The van der Waals surface area contributed by atoms with Crippen molar-refractivity contribution in [2.24, 2.45) is 0 Å². The minimum absolute atomic E-state index is 0.0662. The number of urea groups is 1. The minimum atomic E-state index is -0.282. The van der Waals surface area contributed by atoms with Crippen LogP contribution >= 0.6 is 11.3 Å². The highest BCUT2D eigenvalue weighted by atomic mass is 32.1. The lowest BCUT2D eigenvalue weighted by Crippen LogP contribution is -2.35. The van der Waals surface area contributed by atoms with Gasteiger partial charge in [-0.25, -0.2) is 4.79 Å². The van der Waals surface area contributed by atoms with Crippen LogP contribution in [-0.4, -0.2) is 23.4 Å². The second-order valence-corrected chi connectivity index (χ2v) is 8.26. The summed E-state index contributed by atoms with van der Waals surface area (Å²) < 4.78 is 0. The highest BCUT2D eigenvalue weighted by Crippen LogP contribution is 2.25. The van der Waals surface area contributed by atoms with Gasteiger partial charge < -0.3 is 15.5 Å². The van der Waals surface area contributed by atoms with E-state index < -0.39 is 0 Å². The second-order valence-electron chi connectivity index (χ2n) is 7.32. The number of nitrogens with zero attached hydrogens (tertiary/aromatic N) is 1. The number of carbonyl (C=O) groups excluding carboxylic acids is 2. The van der Waals surface area contributed by atoms with Gasteiger partial charge in [0.1, 0.15) is 0 Å². The number of nitrogens with one attached hydrogen (secondary N) is 2. The van der Waals surface area contributed by atoms with E-state index in [1.165, 1.54) is 22.5 Å². The Morgan fingerprint density at radius 3 is 2.41 bits per heavy atom. The van der Waals surface area contributed by atoms with Gasteiger partial charge in [0.25, 0.3) is 5.91 Å². The molecule has 1 aliphatic heterocycles. The maximum Gasteiger partial charge on any atom is 0.323 e. The molecule has 0 aliphatic carbocycles. The van der Waals surface area contributed by atoms with Crippen molar-refractivity contribution in [3.8, 4) is 0 Å². The first-order valence-corrected chi connectivity index (χ1v) is 10.5. The quantitative estimate of drug-likeness (QED) is 0.629. The van der Waals surface area contributed by atoms with Gasteiger partial charge in [0.2, 0.25) is 0 Å². The summed E-state index contributed by atoms with van der Waals surface area (Å²) in [5, 5.41) is 7.68. The molecule has 29 heavy (non-hydrogen) atoms. The number of aryl methyl sites for hydroxylation is 2. The van der Waals surface area contributed by atoms with Crippen LogP contribution < -0.4 is 10.6 Å². The number of rotatable bonds is 3. The molecule has 0 saturated heterocycles. The molecule has 1 aromatic heterocycles.